The van der Waals surface area contributed by atoms with E-state index in [9.17, 15) is 13.2 Å². The van der Waals surface area contributed by atoms with Crippen LogP contribution in [0.5, 0.6) is 0 Å². The maximum absolute atomic E-state index is 12.3. The van der Waals surface area contributed by atoms with Crippen LogP contribution in [0.3, 0.4) is 0 Å². The van der Waals surface area contributed by atoms with Gasteiger partial charge in [-0.25, -0.2) is 18.2 Å². The van der Waals surface area contributed by atoms with Crippen molar-refractivity contribution in [1.29, 1.82) is 0 Å². The third kappa shape index (κ3) is 2.76. The van der Waals surface area contributed by atoms with Gasteiger partial charge in [0.2, 0.25) is 0 Å². The molecule has 3 rings (SSSR count). The molecule has 0 aliphatic heterocycles. The van der Waals surface area contributed by atoms with Crippen LogP contribution in [0.1, 0.15) is 0 Å². The molecule has 1 aromatic carbocycles. The topological polar surface area (TPSA) is 108 Å². The lowest BCUT2D eigenvalue weighted by molar-refractivity contribution is 0.601. The fraction of sp³-hybridized carbons (Fsp3) is 0. The zero-order chi connectivity index (χ0) is 15.0. The Morgan fingerprint density at radius 2 is 1.86 bits per heavy atom. The quantitative estimate of drug-likeness (QED) is 0.637. The molecule has 0 atom stereocenters. The molecule has 3 aromatic rings. The molecule has 0 unspecified atom stereocenters. The lowest BCUT2D eigenvalue weighted by Gasteiger charge is -2.08. The molecule has 0 radical (unpaired) electrons. The number of halogens is 1. The molecule has 21 heavy (non-hydrogen) atoms. The van der Waals surface area contributed by atoms with Crippen LogP contribution in [0, 0.1) is 0 Å². The number of aromatic amines is 2. The second-order valence-electron chi connectivity index (χ2n) is 4.26. The number of aromatic nitrogens is 3. The number of rotatable bonds is 3. The van der Waals surface area contributed by atoms with Crippen LogP contribution in [-0.4, -0.2) is 23.4 Å². The number of anilines is 1. The molecule has 0 bridgehead atoms. The van der Waals surface area contributed by atoms with Gasteiger partial charge in [0.1, 0.15) is 5.15 Å². The zero-order valence-electron chi connectivity index (χ0n) is 10.4. The Hall–Kier alpha value is -2.32. The Morgan fingerprint density at radius 3 is 2.62 bits per heavy atom. The van der Waals surface area contributed by atoms with Gasteiger partial charge in [0, 0.05) is 6.20 Å². The van der Waals surface area contributed by atoms with E-state index < -0.39 is 15.7 Å². The van der Waals surface area contributed by atoms with Crippen LogP contribution in [0.25, 0.3) is 11.0 Å². The Morgan fingerprint density at radius 1 is 1.10 bits per heavy atom. The van der Waals surface area contributed by atoms with Crippen molar-refractivity contribution >= 4 is 38.3 Å². The van der Waals surface area contributed by atoms with Crippen molar-refractivity contribution in [3.63, 3.8) is 0 Å². The molecule has 2 aromatic heterocycles. The molecule has 0 aliphatic rings. The van der Waals surface area contributed by atoms with Gasteiger partial charge in [-0.15, -0.1) is 0 Å². The minimum atomic E-state index is -3.78. The first-order chi connectivity index (χ1) is 9.94. The third-order valence-electron chi connectivity index (χ3n) is 2.78. The van der Waals surface area contributed by atoms with Gasteiger partial charge in [-0.2, -0.15) is 0 Å². The number of hydrogen-bond donors (Lipinski definition) is 3. The minimum absolute atomic E-state index is 0.0261. The number of hydrogen-bond acceptors (Lipinski definition) is 4. The number of H-pyrrole nitrogens is 2. The summed E-state index contributed by atoms with van der Waals surface area (Å²) < 4.78 is 27.0. The first-order valence-electron chi connectivity index (χ1n) is 5.80. The van der Waals surface area contributed by atoms with Gasteiger partial charge in [-0.3, -0.25) is 4.72 Å². The SMILES string of the molecule is O=c1[nH]c2ccc(S(=O)(=O)Nc3ccnc(Cl)c3)cc2[nH]1. The predicted octanol–water partition coefficient (Wildman–Crippen LogP) is 1.71. The zero-order valence-corrected chi connectivity index (χ0v) is 12.0. The van der Waals surface area contributed by atoms with Crippen molar-refractivity contribution in [3.05, 3.63) is 52.2 Å². The Labute approximate surface area is 124 Å². The Balaban J connectivity index is 2.01. The number of benzene rings is 1. The number of pyridine rings is 1. The monoisotopic (exact) mass is 324 g/mol. The molecular weight excluding hydrogens is 316 g/mol. The average molecular weight is 325 g/mol. The van der Waals surface area contributed by atoms with Gasteiger partial charge < -0.3 is 9.97 Å². The summed E-state index contributed by atoms with van der Waals surface area (Å²) in [6.07, 6.45) is 1.40. The van der Waals surface area contributed by atoms with Crippen molar-refractivity contribution in [2.24, 2.45) is 0 Å². The Kier molecular flexibility index (Phi) is 3.19. The summed E-state index contributed by atoms with van der Waals surface area (Å²) in [5.74, 6) is 0. The number of fused-ring (bicyclic) bond motifs is 1. The average Bonchev–Trinajstić information content (AvgIpc) is 2.77. The normalized spacial score (nSPS) is 11.7. The molecule has 0 aliphatic carbocycles. The van der Waals surface area contributed by atoms with Crippen LogP contribution in [-0.2, 0) is 10.0 Å². The van der Waals surface area contributed by atoms with Gasteiger partial charge in [0.25, 0.3) is 10.0 Å². The summed E-state index contributed by atoms with van der Waals surface area (Å²) in [5, 5.41) is 0.181. The van der Waals surface area contributed by atoms with Crippen LogP contribution < -0.4 is 10.4 Å². The van der Waals surface area contributed by atoms with E-state index >= 15 is 0 Å². The van der Waals surface area contributed by atoms with E-state index in [4.69, 9.17) is 11.6 Å². The van der Waals surface area contributed by atoms with E-state index in [0.29, 0.717) is 16.7 Å². The van der Waals surface area contributed by atoms with Crippen LogP contribution in [0.15, 0.2) is 46.2 Å². The minimum Gasteiger partial charge on any atom is -0.306 e. The number of nitrogens with zero attached hydrogens (tertiary/aromatic N) is 1. The lowest BCUT2D eigenvalue weighted by atomic mass is 10.3. The lowest BCUT2D eigenvalue weighted by Crippen LogP contribution is -2.12. The van der Waals surface area contributed by atoms with E-state index in [-0.39, 0.29) is 10.0 Å². The maximum Gasteiger partial charge on any atom is 0.323 e. The van der Waals surface area contributed by atoms with E-state index in [1.54, 1.807) is 0 Å². The summed E-state index contributed by atoms with van der Waals surface area (Å²) in [4.78, 5) is 20.0. The van der Waals surface area contributed by atoms with Crippen molar-refractivity contribution in [3.8, 4) is 0 Å². The second-order valence-corrected chi connectivity index (χ2v) is 6.33. The number of imidazole rings is 1. The smallest absolute Gasteiger partial charge is 0.306 e. The van der Waals surface area contributed by atoms with E-state index in [1.165, 1.54) is 36.5 Å². The van der Waals surface area contributed by atoms with Crippen molar-refractivity contribution in [2.75, 3.05) is 4.72 Å². The van der Waals surface area contributed by atoms with E-state index in [2.05, 4.69) is 19.7 Å². The fourth-order valence-corrected chi connectivity index (χ4v) is 3.11. The van der Waals surface area contributed by atoms with Crippen molar-refractivity contribution in [2.45, 2.75) is 4.90 Å². The maximum atomic E-state index is 12.3. The van der Waals surface area contributed by atoms with Gasteiger partial charge in [0.05, 0.1) is 21.6 Å². The first kappa shape index (κ1) is 13.7. The van der Waals surface area contributed by atoms with Crippen LogP contribution >= 0.6 is 11.6 Å². The summed E-state index contributed by atoms with van der Waals surface area (Å²) >= 11 is 5.71. The second kappa shape index (κ2) is 4.90. The standard InChI is InChI=1S/C12H9ClN4O3S/c13-11-5-7(3-4-14-11)17-21(19,20)8-1-2-9-10(6-8)16-12(18)15-9/h1-6H,(H,14,17)(H2,15,16,18). The summed E-state index contributed by atoms with van der Waals surface area (Å²) in [5.41, 5.74) is 0.854. The van der Waals surface area contributed by atoms with Gasteiger partial charge >= 0.3 is 5.69 Å². The summed E-state index contributed by atoms with van der Waals surface area (Å²) in [6.45, 7) is 0. The molecule has 108 valence electrons. The van der Waals surface area contributed by atoms with Gasteiger partial charge in [-0.1, -0.05) is 11.6 Å². The van der Waals surface area contributed by atoms with Crippen LogP contribution in [0.2, 0.25) is 5.15 Å². The van der Waals surface area contributed by atoms with Crippen molar-refractivity contribution < 1.29 is 8.42 Å². The highest BCUT2D eigenvalue weighted by atomic mass is 35.5. The molecule has 9 heteroatoms. The molecule has 0 fully saturated rings. The highest BCUT2D eigenvalue weighted by molar-refractivity contribution is 7.92. The number of sulfonamides is 1. The van der Waals surface area contributed by atoms with Gasteiger partial charge in [-0.05, 0) is 30.3 Å². The van der Waals surface area contributed by atoms with E-state index in [0.717, 1.165) is 0 Å². The highest BCUT2D eigenvalue weighted by Crippen LogP contribution is 2.20. The van der Waals surface area contributed by atoms with E-state index in [1.807, 2.05) is 0 Å². The molecule has 7 nitrogen and oxygen atoms in total. The molecule has 2 heterocycles. The van der Waals surface area contributed by atoms with Gasteiger partial charge in [0.15, 0.2) is 0 Å². The molecule has 3 N–H and O–H groups in total. The highest BCUT2D eigenvalue weighted by Gasteiger charge is 2.15. The molecule has 0 spiro atoms. The first-order valence-corrected chi connectivity index (χ1v) is 7.67. The van der Waals surface area contributed by atoms with Crippen LogP contribution in [0.4, 0.5) is 5.69 Å². The summed E-state index contributed by atoms with van der Waals surface area (Å²) in [7, 11) is -3.78. The molecular formula is C12H9ClN4O3S. The third-order valence-corrected chi connectivity index (χ3v) is 4.36. The number of nitrogens with one attached hydrogen (secondary N) is 3. The van der Waals surface area contributed by atoms with Crippen molar-refractivity contribution in [1.82, 2.24) is 15.0 Å². The predicted molar refractivity (Wildman–Crippen MR) is 79.0 cm³/mol. The fourth-order valence-electron chi connectivity index (χ4n) is 1.86. The Bertz CT molecular complexity index is 977. The molecule has 0 saturated heterocycles. The molecule has 0 saturated carbocycles. The molecule has 0 amide bonds. The summed E-state index contributed by atoms with van der Waals surface area (Å²) in [6, 6.07) is 7.17. The largest absolute Gasteiger partial charge is 0.323 e.